The van der Waals surface area contributed by atoms with Crippen LogP contribution in [0.3, 0.4) is 0 Å². The van der Waals surface area contributed by atoms with Gasteiger partial charge >= 0.3 is 0 Å². The molecular formula is C17H31N3. The first-order valence-corrected chi connectivity index (χ1v) is 8.11. The molecule has 114 valence electrons. The summed E-state index contributed by atoms with van der Waals surface area (Å²) in [6.07, 6.45) is 8.32. The Bertz CT molecular complexity index is 416. The maximum atomic E-state index is 4.39. The molecule has 1 fully saturated rings. The van der Waals surface area contributed by atoms with Gasteiger partial charge in [-0.3, -0.25) is 4.68 Å². The zero-order valence-electron chi connectivity index (χ0n) is 13.8. The summed E-state index contributed by atoms with van der Waals surface area (Å²) in [5.74, 6) is 2.25. The highest BCUT2D eigenvalue weighted by Gasteiger charge is 2.36. The molecule has 0 aliphatic heterocycles. The van der Waals surface area contributed by atoms with Crippen molar-refractivity contribution >= 4 is 0 Å². The van der Waals surface area contributed by atoms with Crippen molar-refractivity contribution in [2.24, 2.45) is 24.3 Å². The molecule has 20 heavy (non-hydrogen) atoms. The summed E-state index contributed by atoms with van der Waals surface area (Å²) in [5, 5.41) is 7.94. The monoisotopic (exact) mass is 277 g/mol. The summed E-state index contributed by atoms with van der Waals surface area (Å²) in [4.78, 5) is 0. The molecule has 0 spiro atoms. The van der Waals surface area contributed by atoms with Gasteiger partial charge in [0, 0.05) is 13.2 Å². The third-order valence-electron chi connectivity index (χ3n) is 5.03. The van der Waals surface area contributed by atoms with Crippen molar-refractivity contribution in [1.82, 2.24) is 15.1 Å². The average Bonchev–Trinajstić information content (AvgIpc) is 2.81. The van der Waals surface area contributed by atoms with Gasteiger partial charge < -0.3 is 5.32 Å². The molecule has 1 aromatic heterocycles. The molecule has 3 nitrogen and oxygen atoms in total. The highest BCUT2D eigenvalue weighted by Crippen LogP contribution is 2.46. The van der Waals surface area contributed by atoms with E-state index in [0.29, 0.717) is 11.3 Å². The maximum absolute atomic E-state index is 4.39. The van der Waals surface area contributed by atoms with Crippen molar-refractivity contribution in [3.63, 3.8) is 0 Å². The summed E-state index contributed by atoms with van der Waals surface area (Å²) in [6.45, 7) is 11.6. The molecule has 1 N–H and O–H groups in total. The van der Waals surface area contributed by atoms with E-state index in [2.05, 4.69) is 50.5 Å². The van der Waals surface area contributed by atoms with Gasteiger partial charge in [0.15, 0.2) is 0 Å². The third-order valence-corrected chi connectivity index (χ3v) is 5.03. The lowest BCUT2D eigenvalue weighted by Gasteiger charge is -2.42. The molecule has 2 rings (SSSR count). The molecule has 0 aromatic carbocycles. The van der Waals surface area contributed by atoms with E-state index in [0.717, 1.165) is 24.9 Å². The molecule has 1 heterocycles. The molecule has 3 atom stereocenters. The molecule has 3 heteroatoms. The molecule has 1 saturated carbocycles. The number of nitrogens with one attached hydrogen (secondary N) is 1. The second kappa shape index (κ2) is 6.30. The van der Waals surface area contributed by atoms with Gasteiger partial charge in [-0.25, -0.2) is 0 Å². The van der Waals surface area contributed by atoms with Crippen molar-refractivity contribution in [3.05, 3.63) is 18.0 Å². The molecule has 0 amide bonds. The van der Waals surface area contributed by atoms with Gasteiger partial charge in [0.2, 0.25) is 0 Å². The summed E-state index contributed by atoms with van der Waals surface area (Å²) >= 11 is 0. The Morgan fingerprint density at radius 3 is 2.65 bits per heavy atom. The van der Waals surface area contributed by atoms with Crippen molar-refractivity contribution in [2.45, 2.75) is 52.9 Å². The van der Waals surface area contributed by atoms with E-state index < -0.39 is 0 Å². The zero-order chi connectivity index (χ0) is 14.8. The third kappa shape index (κ3) is 3.63. The van der Waals surface area contributed by atoms with Crippen LogP contribution in [0.15, 0.2) is 12.4 Å². The van der Waals surface area contributed by atoms with Crippen LogP contribution in [-0.2, 0) is 7.05 Å². The minimum absolute atomic E-state index is 0.420. The number of nitrogens with zero attached hydrogens (tertiary/aromatic N) is 2. The van der Waals surface area contributed by atoms with Crippen LogP contribution in [0.5, 0.6) is 0 Å². The van der Waals surface area contributed by atoms with E-state index >= 15 is 0 Å². The lowest BCUT2D eigenvalue weighted by molar-refractivity contribution is 0.129. The van der Waals surface area contributed by atoms with Crippen LogP contribution >= 0.6 is 0 Å². The van der Waals surface area contributed by atoms with Gasteiger partial charge in [0.25, 0.3) is 0 Å². The summed E-state index contributed by atoms with van der Waals surface area (Å²) < 4.78 is 1.94. The first-order valence-electron chi connectivity index (χ1n) is 8.11. The highest BCUT2D eigenvalue weighted by molar-refractivity contribution is 5.15. The Hall–Kier alpha value is -0.830. The lowest BCUT2D eigenvalue weighted by Crippen LogP contribution is -2.35. The fraction of sp³-hybridized carbons (Fsp3) is 0.824. The molecule has 0 bridgehead atoms. The first kappa shape index (κ1) is 15.6. The zero-order valence-corrected chi connectivity index (χ0v) is 13.8. The standard InChI is InChI=1S/C17H31N3/c1-6-18-10-13-7-8-15(17(2,3)4)9-16(13)14-11-19-20(5)12-14/h11-13,15-16,18H,6-10H2,1-5H3. The smallest absolute Gasteiger partial charge is 0.0524 e. The largest absolute Gasteiger partial charge is 0.317 e. The van der Waals surface area contributed by atoms with Crippen LogP contribution in [0.2, 0.25) is 0 Å². The minimum Gasteiger partial charge on any atom is -0.317 e. The predicted molar refractivity (Wildman–Crippen MR) is 84.8 cm³/mol. The number of rotatable bonds is 4. The van der Waals surface area contributed by atoms with Gasteiger partial charge in [-0.05, 0) is 61.1 Å². The molecule has 3 unspecified atom stereocenters. The number of hydrogen-bond acceptors (Lipinski definition) is 2. The number of aryl methyl sites for hydroxylation is 1. The Morgan fingerprint density at radius 1 is 1.35 bits per heavy atom. The summed E-state index contributed by atoms with van der Waals surface area (Å²) in [7, 11) is 2.02. The Balaban J connectivity index is 2.14. The SMILES string of the molecule is CCNCC1CCC(C(C)(C)C)CC1c1cnn(C)c1. The fourth-order valence-corrected chi connectivity index (χ4v) is 3.63. The quantitative estimate of drug-likeness (QED) is 0.911. The first-order chi connectivity index (χ1) is 9.41. The van der Waals surface area contributed by atoms with E-state index in [-0.39, 0.29) is 0 Å². The molecule has 1 aliphatic rings. The van der Waals surface area contributed by atoms with E-state index in [1.54, 1.807) is 0 Å². The number of hydrogen-bond donors (Lipinski definition) is 1. The van der Waals surface area contributed by atoms with Gasteiger partial charge in [-0.2, -0.15) is 5.10 Å². The van der Waals surface area contributed by atoms with Crippen molar-refractivity contribution in [3.8, 4) is 0 Å². The van der Waals surface area contributed by atoms with Gasteiger partial charge in [0.05, 0.1) is 6.20 Å². The van der Waals surface area contributed by atoms with Crippen LogP contribution in [0.4, 0.5) is 0 Å². The fourth-order valence-electron chi connectivity index (χ4n) is 3.63. The van der Waals surface area contributed by atoms with E-state index in [9.17, 15) is 0 Å². The van der Waals surface area contributed by atoms with E-state index in [1.807, 2.05) is 11.7 Å². The van der Waals surface area contributed by atoms with Gasteiger partial charge in [-0.1, -0.05) is 27.7 Å². The highest BCUT2D eigenvalue weighted by atomic mass is 15.2. The van der Waals surface area contributed by atoms with Crippen LogP contribution in [0, 0.1) is 17.3 Å². The normalized spacial score (nSPS) is 27.8. The summed E-state index contributed by atoms with van der Waals surface area (Å²) in [6, 6.07) is 0. The molecule has 0 radical (unpaired) electrons. The average molecular weight is 277 g/mol. The predicted octanol–water partition coefficient (Wildman–Crippen LogP) is 3.58. The molecule has 1 aliphatic carbocycles. The van der Waals surface area contributed by atoms with Crippen LogP contribution in [0.1, 0.15) is 58.4 Å². The second-order valence-corrected chi connectivity index (χ2v) is 7.50. The van der Waals surface area contributed by atoms with Crippen LogP contribution in [0.25, 0.3) is 0 Å². The van der Waals surface area contributed by atoms with Crippen LogP contribution in [-0.4, -0.2) is 22.9 Å². The molecule has 1 aromatic rings. The Kier molecular flexibility index (Phi) is 4.90. The summed E-state index contributed by atoms with van der Waals surface area (Å²) in [5.41, 5.74) is 1.85. The van der Waals surface area contributed by atoms with Crippen molar-refractivity contribution < 1.29 is 0 Å². The Morgan fingerprint density at radius 2 is 2.10 bits per heavy atom. The Labute approximate surface area is 124 Å². The second-order valence-electron chi connectivity index (χ2n) is 7.50. The minimum atomic E-state index is 0.420. The topological polar surface area (TPSA) is 29.9 Å². The van der Waals surface area contributed by atoms with E-state index in [4.69, 9.17) is 0 Å². The van der Waals surface area contributed by atoms with Gasteiger partial charge in [0.1, 0.15) is 0 Å². The number of aromatic nitrogens is 2. The van der Waals surface area contributed by atoms with E-state index in [1.165, 1.54) is 24.8 Å². The van der Waals surface area contributed by atoms with Gasteiger partial charge in [-0.15, -0.1) is 0 Å². The molecular weight excluding hydrogens is 246 g/mol. The molecule has 0 saturated heterocycles. The van der Waals surface area contributed by atoms with Crippen LogP contribution < -0.4 is 5.32 Å². The van der Waals surface area contributed by atoms with Crippen molar-refractivity contribution in [2.75, 3.05) is 13.1 Å². The maximum Gasteiger partial charge on any atom is 0.0524 e. The lowest BCUT2D eigenvalue weighted by atomic mass is 9.64. The van der Waals surface area contributed by atoms with Crippen molar-refractivity contribution in [1.29, 1.82) is 0 Å².